The smallest absolute Gasteiger partial charge is 0.370 e. The lowest BCUT2D eigenvalue weighted by molar-refractivity contribution is -0.150. The summed E-state index contributed by atoms with van der Waals surface area (Å²) in [6.07, 6.45) is 2.04. The molecular formula is C17H27N3O6. The number of aliphatic hydroxyl groups is 3. The van der Waals surface area contributed by atoms with Crippen molar-refractivity contribution in [1.82, 2.24) is 15.0 Å². The number of aromatic nitrogens is 3. The van der Waals surface area contributed by atoms with Crippen LogP contribution in [-0.2, 0) is 22.5 Å². The monoisotopic (exact) mass is 369 g/mol. The van der Waals surface area contributed by atoms with Gasteiger partial charge in [-0.15, -0.1) is 5.10 Å². The Morgan fingerprint density at radius 3 is 2.77 bits per heavy atom. The third kappa shape index (κ3) is 5.03. The lowest BCUT2D eigenvalue weighted by Gasteiger charge is -2.36. The van der Waals surface area contributed by atoms with Crippen LogP contribution in [0.2, 0.25) is 0 Å². The molecule has 0 amide bonds. The van der Waals surface area contributed by atoms with Crippen molar-refractivity contribution < 1.29 is 30.0 Å². The fraction of sp³-hybridized carbons (Fsp3) is 0.706. The molecule has 1 aliphatic rings. The summed E-state index contributed by atoms with van der Waals surface area (Å²) in [7, 11) is 0. The number of nitrogens with zero attached hydrogens (tertiary/aromatic N) is 3. The highest BCUT2D eigenvalue weighted by Crippen LogP contribution is 2.27. The maximum atomic E-state index is 11.1. The molecule has 4 N–H and O–H groups in total. The van der Waals surface area contributed by atoms with E-state index in [1.807, 2.05) is 0 Å². The topological polar surface area (TPSA) is 138 Å². The van der Waals surface area contributed by atoms with Crippen LogP contribution >= 0.6 is 0 Å². The lowest BCUT2D eigenvalue weighted by atomic mass is 9.89. The average molecular weight is 369 g/mol. The van der Waals surface area contributed by atoms with Crippen LogP contribution in [0.5, 0.6) is 0 Å². The molecule has 5 atom stereocenters. The summed E-state index contributed by atoms with van der Waals surface area (Å²) >= 11 is 0. The predicted octanol–water partition coefficient (Wildman–Crippen LogP) is 0.0969. The van der Waals surface area contributed by atoms with Gasteiger partial charge in [0.15, 0.2) is 0 Å². The van der Waals surface area contributed by atoms with Crippen LogP contribution in [0.4, 0.5) is 0 Å². The van der Waals surface area contributed by atoms with Crippen molar-refractivity contribution in [3.63, 3.8) is 0 Å². The summed E-state index contributed by atoms with van der Waals surface area (Å²) in [6.45, 7) is 3.71. The van der Waals surface area contributed by atoms with E-state index in [0.29, 0.717) is 0 Å². The quantitative estimate of drug-likeness (QED) is 0.450. The third-order valence-corrected chi connectivity index (χ3v) is 4.58. The van der Waals surface area contributed by atoms with Gasteiger partial charge in [0.2, 0.25) is 5.76 Å². The molecule has 0 aliphatic carbocycles. The van der Waals surface area contributed by atoms with Crippen LogP contribution in [0.15, 0.2) is 18.0 Å². The molecule has 0 unspecified atom stereocenters. The minimum atomic E-state index is -1.39. The van der Waals surface area contributed by atoms with E-state index in [1.165, 1.54) is 4.68 Å². The van der Waals surface area contributed by atoms with Crippen LogP contribution in [0.25, 0.3) is 0 Å². The van der Waals surface area contributed by atoms with Gasteiger partial charge in [-0.05, 0) is 18.9 Å². The molecule has 0 radical (unpaired) electrons. The van der Waals surface area contributed by atoms with Gasteiger partial charge < -0.3 is 25.2 Å². The van der Waals surface area contributed by atoms with E-state index in [4.69, 9.17) is 9.84 Å². The number of hydrogen-bond acceptors (Lipinski definition) is 7. The highest BCUT2D eigenvalue weighted by atomic mass is 16.5. The molecule has 1 aliphatic heterocycles. The van der Waals surface area contributed by atoms with E-state index >= 15 is 0 Å². The summed E-state index contributed by atoms with van der Waals surface area (Å²) in [5, 5.41) is 47.7. The first-order valence-corrected chi connectivity index (χ1v) is 8.88. The van der Waals surface area contributed by atoms with E-state index in [-0.39, 0.29) is 6.54 Å². The first-order valence-electron chi connectivity index (χ1n) is 8.88. The number of rotatable bonds is 9. The summed E-state index contributed by atoms with van der Waals surface area (Å²) < 4.78 is 6.71. The predicted molar refractivity (Wildman–Crippen MR) is 91.0 cm³/mol. The summed E-state index contributed by atoms with van der Waals surface area (Å²) in [5.41, 5.74) is 0.814. The first-order chi connectivity index (χ1) is 12.3. The minimum Gasteiger partial charge on any atom is -0.480 e. The number of aryl methyl sites for hydroxylation is 1. The first kappa shape index (κ1) is 20.3. The standard InChI is InChI=1S/C17H27N3O6/c1-3-4-5-6-11-8-20(19-18-11)9-13(22)15(23)16-10(2)12(21)7-14(26-16)17(24)25/h7-8,10,12-13,15-16,21-23H,3-6,9H2,1-2H3,(H,24,25)/t10-,12+,13-,15-,16-/m1/s1. The van der Waals surface area contributed by atoms with E-state index in [2.05, 4.69) is 17.2 Å². The largest absolute Gasteiger partial charge is 0.480 e. The Kier molecular flexibility index (Phi) is 7.13. The molecular weight excluding hydrogens is 342 g/mol. The van der Waals surface area contributed by atoms with Crippen molar-refractivity contribution in [1.29, 1.82) is 0 Å². The molecule has 146 valence electrons. The Hall–Kier alpha value is -1.97. The second-order valence-electron chi connectivity index (χ2n) is 6.72. The van der Waals surface area contributed by atoms with E-state index < -0.39 is 42.1 Å². The fourth-order valence-electron chi connectivity index (χ4n) is 2.91. The molecule has 1 aromatic heterocycles. The number of hydrogen-bond donors (Lipinski definition) is 4. The molecule has 9 heteroatoms. The van der Waals surface area contributed by atoms with Crippen molar-refractivity contribution in [3.8, 4) is 0 Å². The van der Waals surface area contributed by atoms with Crippen LogP contribution in [0.3, 0.4) is 0 Å². The van der Waals surface area contributed by atoms with Gasteiger partial charge in [0.25, 0.3) is 0 Å². The zero-order chi connectivity index (χ0) is 19.3. The Balaban J connectivity index is 1.97. The number of ether oxygens (including phenoxy) is 1. The third-order valence-electron chi connectivity index (χ3n) is 4.58. The number of carboxylic acid groups (broad SMARTS) is 1. The Morgan fingerprint density at radius 2 is 2.12 bits per heavy atom. The van der Waals surface area contributed by atoms with Gasteiger partial charge in [-0.3, -0.25) is 0 Å². The molecule has 0 saturated carbocycles. The number of aliphatic carboxylic acids is 1. The van der Waals surface area contributed by atoms with Gasteiger partial charge in [0.05, 0.1) is 18.3 Å². The Bertz CT molecular complexity index is 632. The van der Waals surface area contributed by atoms with E-state index in [9.17, 15) is 20.1 Å². The second kappa shape index (κ2) is 9.11. The van der Waals surface area contributed by atoms with Crippen molar-refractivity contribution in [3.05, 3.63) is 23.7 Å². The van der Waals surface area contributed by atoms with Gasteiger partial charge >= 0.3 is 5.97 Å². The summed E-state index contributed by atoms with van der Waals surface area (Å²) in [4.78, 5) is 11.1. The van der Waals surface area contributed by atoms with Crippen LogP contribution < -0.4 is 0 Å². The minimum absolute atomic E-state index is 0.0171. The molecule has 0 saturated heterocycles. The van der Waals surface area contributed by atoms with Crippen LogP contribution in [0.1, 0.15) is 38.8 Å². The van der Waals surface area contributed by atoms with E-state index in [1.54, 1.807) is 13.1 Å². The summed E-state index contributed by atoms with van der Waals surface area (Å²) in [5.74, 6) is -2.36. The van der Waals surface area contributed by atoms with Crippen LogP contribution in [0, 0.1) is 5.92 Å². The molecule has 0 bridgehead atoms. The summed E-state index contributed by atoms with van der Waals surface area (Å²) in [6, 6.07) is 0. The molecule has 0 aromatic carbocycles. The normalized spacial score (nSPS) is 25.3. The fourth-order valence-corrected chi connectivity index (χ4v) is 2.91. The number of unbranched alkanes of at least 4 members (excludes halogenated alkanes) is 2. The zero-order valence-electron chi connectivity index (χ0n) is 15.0. The molecule has 1 aromatic rings. The Labute approximate surface area is 151 Å². The van der Waals surface area contributed by atoms with Crippen molar-refractivity contribution in [2.75, 3.05) is 0 Å². The molecule has 26 heavy (non-hydrogen) atoms. The van der Waals surface area contributed by atoms with Crippen molar-refractivity contribution >= 4 is 5.97 Å². The second-order valence-corrected chi connectivity index (χ2v) is 6.72. The van der Waals surface area contributed by atoms with Crippen LogP contribution in [-0.4, -0.2) is 65.8 Å². The molecule has 2 rings (SSSR count). The Morgan fingerprint density at radius 1 is 1.38 bits per heavy atom. The molecule has 2 heterocycles. The van der Waals surface area contributed by atoms with Gasteiger partial charge in [0, 0.05) is 12.1 Å². The van der Waals surface area contributed by atoms with Crippen molar-refractivity contribution in [2.24, 2.45) is 5.92 Å². The highest BCUT2D eigenvalue weighted by molar-refractivity contribution is 5.84. The average Bonchev–Trinajstić information content (AvgIpc) is 3.03. The van der Waals surface area contributed by atoms with E-state index in [0.717, 1.165) is 37.5 Å². The number of carboxylic acids is 1. The number of aliphatic hydroxyl groups excluding tert-OH is 3. The molecule has 9 nitrogen and oxygen atoms in total. The molecule has 0 spiro atoms. The van der Waals surface area contributed by atoms with Gasteiger partial charge in [-0.2, -0.15) is 0 Å². The SMILES string of the molecule is CCCCCc1cn(C[C@@H](O)[C@@H](O)[C@@H]2OC(C(=O)O)=C[C@H](O)[C@H]2C)nn1. The maximum absolute atomic E-state index is 11.1. The van der Waals surface area contributed by atoms with Gasteiger partial charge in [0.1, 0.15) is 18.3 Å². The van der Waals surface area contributed by atoms with Crippen molar-refractivity contribution in [2.45, 2.75) is 70.5 Å². The number of carbonyl (C=O) groups is 1. The van der Waals surface area contributed by atoms with Gasteiger partial charge in [-0.25, -0.2) is 9.48 Å². The highest BCUT2D eigenvalue weighted by Gasteiger charge is 2.40. The zero-order valence-corrected chi connectivity index (χ0v) is 15.0. The molecule has 0 fully saturated rings. The lowest BCUT2D eigenvalue weighted by Crippen LogP contribution is -2.49. The maximum Gasteiger partial charge on any atom is 0.370 e. The van der Waals surface area contributed by atoms with Gasteiger partial charge in [-0.1, -0.05) is 31.9 Å².